The van der Waals surface area contributed by atoms with E-state index in [0.717, 1.165) is 6.54 Å². The van der Waals surface area contributed by atoms with Gasteiger partial charge in [-0.25, -0.2) is 0 Å². The Morgan fingerprint density at radius 1 is 1.21 bits per heavy atom. The number of aromatic nitrogens is 2. The Morgan fingerprint density at radius 3 is 2.50 bits per heavy atom. The molecule has 2 aromatic rings. The second-order valence-electron chi connectivity index (χ2n) is 3.42. The maximum Gasteiger partial charge on any atom is 0.145 e. The summed E-state index contributed by atoms with van der Waals surface area (Å²) in [5.74, 6) is 0.567. The summed E-state index contributed by atoms with van der Waals surface area (Å²) in [5.41, 5.74) is 8.03. The normalized spacial score (nSPS) is 10.4. The van der Waals surface area contributed by atoms with Crippen LogP contribution in [0.4, 0.5) is 5.82 Å². The number of nitrogens with two attached hydrogens (primary N) is 1. The quantitative estimate of drug-likeness (QED) is 0.779. The molecule has 0 bridgehead atoms. The van der Waals surface area contributed by atoms with Gasteiger partial charge in [0.2, 0.25) is 0 Å². The lowest BCUT2D eigenvalue weighted by Gasteiger charge is -2.01. The first-order valence-electron chi connectivity index (χ1n) is 4.58. The Hall–Kier alpha value is -1.77. The van der Waals surface area contributed by atoms with Gasteiger partial charge in [-0.05, 0) is 18.6 Å². The summed E-state index contributed by atoms with van der Waals surface area (Å²) in [6.07, 6.45) is 1.88. The van der Waals surface area contributed by atoms with E-state index in [1.54, 1.807) is 6.07 Å². The third kappa shape index (κ3) is 1.93. The van der Waals surface area contributed by atoms with Crippen LogP contribution in [0.15, 0.2) is 36.5 Å². The van der Waals surface area contributed by atoms with Gasteiger partial charge in [0.1, 0.15) is 5.82 Å². The van der Waals surface area contributed by atoms with Crippen LogP contribution in [0.25, 0.3) is 0 Å². The molecule has 0 aliphatic heterocycles. The molecule has 2 rings (SSSR count). The van der Waals surface area contributed by atoms with Crippen LogP contribution < -0.4 is 5.73 Å². The van der Waals surface area contributed by atoms with Gasteiger partial charge in [-0.15, -0.1) is 0 Å². The van der Waals surface area contributed by atoms with E-state index in [9.17, 15) is 0 Å². The van der Waals surface area contributed by atoms with Crippen molar-refractivity contribution in [3.8, 4) is 0 Å². The Labute approximate surface area is 83.2 Å². The highest BCUT2D eigenvalue weighted by atomic mass is 15.3. The number of rotatable bonds is 2. The monoisotopic (exact) mass is 187 g/mol. The predicted octanol–water partition coefficient (Wildman–Crippen LogP) is 1.82. The van der Waals surface area contributed by atoms with Crippen molar-refractivity contribution in [1.29, 1.82) is 0 Å². The van der Waals surface area contributed by atoms with Crippen molar-refractivity contribution in [1.82, 2.24) is 9.78 Å². The molecule has 0 radical (unpaired) electrons. The smallest absolute Gasteiger partial charge is 0.145 e. The first-order chi connectivity index (χ1) is 6.74. The van der Waals surface area contributed by atoms with E-state index in [0.29, 0.717) is 5.82 Å². The van der Waals surface area contributed by atoms with Crippen molar-refractivity contribution >= 4 is 5.82 Å². The molecule has 0 atom stereocenters. The van der Waals surface area contributed by atoms with Crippen LogP contribution in [0.2, 0.25) is 0 Å². The van der Waals surface area contributed by atoms with Crippen LogP contribution in [-0.2, 0) is 6.54 Å². The summed E-state index contributed by atoms with van der Waals surface area (Å²) < 4.78 is 1.83. The minimum absolute atomic E-state index is 0.567. The van der Waals surface area contributed by atoms with E-state index in [1.165, 1.54) is 11.1 Å². The molecule has 3 nitrogen and oxygen atoms in total. The highest BCUT2D eigenvalue weighted by Crippen LogP contribution is 2.05. The van der Waals surface area contributed by atoms with Crippen molar-refractivity contribution in [2.75, 3.05) is 5.73 Å². The molecule has 0 aliphatic carbocycles. The summed E-state index contributed by atoms with van der Waals surface area (Å²) in [7, 11) is 0. The van der Waals surface area contributed by atoms with E-state index in [-0.39, 0.29) is 0 Å². The zero-order valence-electron chi connectivity index (χ0n) is 8.14. The largest absolute Gasteiger partial charge is 0.382 e. The van der Waals surface area contributed by atoms with Gasteiger partial charge in [0.05, 0.1) is 6.54 Å². The van der Waals surface area contributed by atoms with E-state index < -0.39 is 0 Å². The van der Waals surface area contributed by atoms with Gasteiger partial charge in [0.25, 0.3) is 0 Å². The van der Waals surface area contributed by atoms with E-state index in [1.807, 2.05) is 10.9 Å². The number of anilines is 1. The number of nitrogen functional groups attached to an aromatic ring is 1. The maximum absolute atomic E-state index is 5.52. The summed E-state index contributed by atoms with van der Waals surface area (Å²) >= 11 is 0. The van der Waals surface area contributed by atoms with Gasteiger partial charge in [-0.1, -0.05) is 29.8 Å². The zero-order valence-corrected chi connectivity index (χ0v) is 8.14. The first-order valence-corrected chi connectivity index (χ1v) is 4.58. The van der Waals surface area contributed by atoms with Crippen molar-refractivity contribution in [3.05, 3.63) is 47.7 Å². The van der Waals surface area contributed by atoms with Crippen LogP contribution in [0, 0.1) is 6.92 Å². The summed E-state index contributed by atoms with van der Waals surface area (Å²) in [4.78, 5) is 0. The van der Waals surface area contributed by atoms with Crippen LogP contribution in [-0.4, -0.2) is 9.78 Å². The van der Waals surface area contributed by atoms with Gasteiger partial charge in [0.15, 0.2) is 0 Å². The maximum atomic E-state index is 5.52. The second-order valence-corrected chi connectivity index (χ2v) is 3.42. The minimum Gasteiger partial charge on any atom is -0.382 e. The number of hydrogen-bond acceptors (Lipinski definition) is 2. The molecule has 0 spiro atoms. The van der Waals surface area contributed by atoms with Gasteiger partial charge < -0.3 is 5.73 Å². The third-order valence-corrected chi connectivity index (χ3v) is 2.13. The average Bonchev–Trinajstić information content (AvgIpc) is 2.56. The molecule has 0 amide bonds. The number of aryl methyl sites for hydroxylation is 1. The molecule has 0 unspecified atom stereocenters. The minimum atomic E-state index is 0.567. The molecule has 0 fully saturated rings. The fraction of sp³-hybridized carbons (Fsp3) is 0.182. The zero-order chi connectivity index (χ0) is 9.97. The summed E-state index contributed by atoms with van der Waals surface area (Å²) in [5, 5.41) is 4.12. The van der Waals surface area contributed by atoms with Crippen LogP contribution in [0.5, 0.6) is 0 Å². The lowest BCUT2D eigenvalue weighted by atomic mass is 10.1. The van der Waals surface area contributed by atoms with Gasteiger partial charge in [-0.2, -0.15) is 5.10 Å². The van der Waals surface area contributed by atoms with Crippen molar-refractivity contribution in [2.24, 2.45) is 0 Å². The van der Waals surface area contributed by atoms with Gasteiger partial charge in [0, 0.05) is 6.20 Å². The first kappa shape index (κ1) is 8.81. The highest BCUT2D eigenvalue weighted by Gasteiger charge is 1.96. The Kier molecular flexibility index (Phi) is 2.23. The van der Waals surface area contributed by atoms with Crippen molar-refractivity contribution in [2.45, 2.75) is 13.5 Å². The average molecular weight is 187 g/mol. The molecule has 2 N–H and O–H groups in total. The van der Waals surface area contributed by atoms with Crippen molar-refractivity contribution < 1.29 is 0 Å². The predicted molar refractivity (Wildman–Crippen MR) is 56.9 cm³/mol. The SMILES string of the molecule is Cc1ccc(Cn2ccc(N)n2)cc1. The number of benzene rings is 1. The van der Waals surface area contributed by atoms with E-state index in [4.69, 9.17) is 5.73 Å². The number of hydrogen-bond donors (Lipinski definition) is 1. The fourth-order valence-corrected chi connectivity index (χ4v) is 1.35. The highest BCUT2D eigenvalue weighted by molar-refractivity contribution is 5.25. The Morgan fingerprint density at radius 2 is 1.93 bits per heavy atom. The fourth-order valence-electron chi connectivity index (χ4n) is 1.35. The van der Waals surface area contributed by atoms with Crippen LogP contribution in [0.3, 0.4) is 0 Å². The molecule has 0 saturated heterocycles. The molecule has 0 aliphatic rings. The molecule has 1 heterocycles. The summed E-state index contributed by atoms with van der Waals surface area (Å²) in [6.45, 7) is 2.85. The van der Waals surface area contributed by atoms with Crippen LogP contribution in [0.1, 0.15) is 11.1 Å². The lowest BCUT2D eigenvalue weighted by molar-refractivity contribution is 0.690. The van der Waals surface area contributed by atoms with Gasteiger partial charge >= 0.3 is 0 Å². The molecular formula is C11H13N3. The lowest BCUT2D eigenvalue weighted by Crippen LogP contribution is -2.00. The van der Waals surface area contributed by atoms with Gasteiger partial charge in [-0.3, -0.25) is 4.68 Å². The molecule has 1 aromatic heterocycles. The molecule has 72 valence electrons. The standard InChI is InChI=1S/C11H13N3/c1-9-2-4-10(5-3-9)8-14-7-6-11(12)13-14/h2-7H,8H2,1H3,(H2,12,13). The molecular weight excluding hydrogens is 174 g/mol. The van der Waals surface area contributed by atoms with Crippen molar-refractivity contribution in [3.63, 3.8) is 0 Å². The topological polar surface area (TPSA) is 43.8 Å². The Bertz CT molecular complexity index is 414. The summed E-state index contributed by atoms with van der Waals surface area (Å²) in [6, 6.07) is 10.2. The molecule has 0 saturated carbocycles. The third-order valence-electron chi connectivity index (χ3n) is 2.13. The molecule has 14 heavy (non-hydrogen) atoms. The van der Waals surface area contributed by atoms with Crippen LogP contribution >= 0.6 is 0 Å². The number of nitrogens with zero attached hydrogens (tertiary/aromatic N) is 2. The van der Waals surface area contributed by atoms with E-state index in [2.05, 4.69) is 36.3 Å². The van der Waals surface area contributed by atoms with E-state index >= 15 is 0 Å². The second kappa shape index (κ2) is 3.54. The Balaban J connectivity index is 2.15. The molecule has 1 aromatic carbocycles. The molecule has 3 heteroatoms.